The number of likely N-dealkylation sites (tertiary alicyclic amines) is 1. The Labute approximate surface area is 171 Å². The van der Waals surface area contributed by atoms with E-state index in [9.17, 15) is 0 Å². The minimum Gasteiger partial charge on any atom is -0.357 e. The SMILES string of the molecule is CCNC(=NCc1ccnc(-n2cccn2)c1)N1CCC(C)C(n2ccnc2)C1. The van der Waals surface area contributed by atoms with Gasteiger partial charge in [-0.1, -0.05) is 6.92 Å². The van der Waals surface area contributed by atoms with Gasteiger partial charge in [0.2, 0.25) is 0 Å². The zero-order valence-corrected chi connectivity index (χ0v) is 17.0. The molecule has 3 aromatic heterocycles. The lowest BCUT2D eigenvalue weighted by Gasteiger charge is -2.39. The Bertz CT molecular complexity index is 916. The van der Waals surface area contributed by atoms with Crippen molar-refractivity contribution in [3.63, 3.8) is 0 Å². The Morgan fingerprint density at radius 2 is 2.21 bits per heavy atom. The molecule has 8 nitrogen and oxygen atoms in total. The van der Waals surface area contributed by atoms with Crippen LogP contribution < -0.4 is 5.32 Å². The van der Waals surface area contributed by atoms with Gasteiger partial charge in [0.25, 0.3) is 0 Å². The summed E-state index contributed by atoms with van der Waals surface area (Å²) in [5.74, 6) is 2.38. The fourth-order valence-electron chi connectivity index (χ4n) is 3.78. The number of aromatic nitrogens is 5. The molecule has 0 bridgehead atoms. The van der Waals surface area contributed by atoms with Crippen LogP contribution in [0.15, 0.2) is 60.5 Å². The number of imidazole rings is 1. The van der Waals surface area contributed by atoms with Crippen molar-refractivity contribution in [2.75, 3.05) is 19.6 Å². The molecule has 4 rings (SSSR count). The van der Waals surface area contributed by atoms with Crippen molar-refractivity contribution >= 4 is 5.96 Å². The third-order valence-electron chi connectivity index (χ3n) is 5.42. The Hall–Kier alpha value is -3.16. The Kier molecular flexibility index (Phi) is 5.88. The van der Waals surface area contributed by atoms with E-state index in [0.717, 1.165) is 43.4 Å². The van der Waals surface area contributed by atoms with E-state index in [-0.39, 0.29) is 0 Å². The lowest BCUT2D eigenvalue weighted by molar-refractivity contribution is 0.189. The number of piperidine rings is 1. The van der Waals surface area contributed by atoms with Gasteiger partial charge in [-0.25, -0.2) is 19.6 Å². The van der Waals surface area contributed by atoms with Gasteiger partial charge in [-0.05, 0) is 43.0 Å². The van der Waals surface area contributed by atoms with Crippen molar-refractivity contribution in [2.45, 2.75) is 32.9 Å². The minimum absolute atomic E-state index is 0.405. The normalized spacial score (nSPS) is 20.1. The van der Waals surface area contributed by atoms with Gasteiger partial charge < -0.3 is 14.8 Å². The van der Waals surface area contributed by atoms with Crippen LogP contribution in [0, 0.1) is 5.92 Å². The molecule has 1 aliphatic heterocycles. The monoisotopic (exact) mass is 392 g/mol. The highest BCUT2D eigenvalue weighted by Crippen LogP contribution is 2.27. The maximum Gasteiger partial charge on any atom is 0.194 e. The van der Waals surface area contributed by atoms with Crippen LogP contribution in [0.1, 0.15) is 31.9 Å². The molecule has 1 N–H and O–H groups in total. The second-order valence-corrected chi connectivity index (χ2v) is 7.43. The first kappa shape index (κ1) is 19.2. The molecule has 0 aromatic carbocycles. The van der Waals surface area contributed by atoms with E-state index in [0.29, 0.717) is 18.5 Å². The van der Waals surface area contributed by atoms with Crippen LogP contribution in [-0.2, 0) is 6.54 Å². The van der Waals surface area contributed by atoms with Crippen LogP contribution in [0.3, 0.4) is 0 Å². The molecule has 0 radical (unpaired) electrons. The molecule has 0 amide bonds. The molecular formula is C21H28N8. The molecule has 0 aliphatic carbocycles. The second-order valence-electron chi connectivity index (χ2n) is 7.43. The number of guanidine groups is 1. The van der Waals surface area contributed by atoms with Gasteiger partial charge in [-0.2, -0.15) is 5.10 Å². The summed E-state index contributed by atoms with van der Waals surface area (Å²) < 4.78 is 3.99. The third-order valence-corrected chi connectivity index (χ3v) is 5.42. The van der Waals surface area contributed by atoms with Crippen molar-refractivity contribution in [2.24, 2.45) is 10.9 Å². The molecule has 3 aromatic rings. The van der Waals surface area contributed by atoms with Crippen LogP contribution >= 0.6 is 0 Å². The molecule has 8 heteroatoms. The summed E-state index contributed by atoms with van der Waals surface area (Å²) >= 11 is 0. The van der Waals surface area contributed by atoms with Crippen molar-refractivity contribution in [3.8, 4) is 5.82 Å². The Morgan fingerprint density at radius 3 is 2.97 bits per heavy atom. The van der Waals surface area contributed by atoms with Crippen molar-refractivity contribution in [1.29, 1.82) is 0 Å². The van der Waals surface area contributed by atoms with E-state index >= 15 is 0 Å². The fraction of sp³-hybridized carbons (Fsp3) is 0.429. The quantitative estimate of drug-likeness (QED) is 0.533. The number of rotatable bonds is 5. The van der Waals surface area contributed by atoms with Crippen LogP contribution in [0.2, 0.25) is 0 Å². The van der Waals surface area contributed by atoms with Crippen molar-refractivity contribution < 1.29 is 0 Å². The molecule has 0 spiro atoms. The maximum atomic E-state index is 4.92. The lowest BCUT2D eigenvalue weighted by atomic mass is 9.93. The predicted molar refractivity (Wildman–Crippen MR) is 113 cm³/mol. The predicted octanol–water partition coefficient (Wildman–Crippen LogP) is 2.51. The molecule has 1 fully saturated rings. The molecule has 1 aliphatic rings. The van der Waals surface area contributed by atoms with Crippen LogP contribution in [0.25, 0.3) is 5.82 Å². The molecule has 0 saturated carbocycles. The van der Waals surface area contributed by atoms with Crippen LogP contribution in [0.5, 0.6) is 0 Å². The largest absolute Gasteiger partial charge is 0.357 e. The summed E-state index contributed by atoms with van der Waals surface area (Å²) in [6.07, 6.45) is 12.4. The van der Waals surface area contributed by atoms with Crippen LogP contribution in [-0.4, -0.2) is 54.8 Å². The second kappa shape index (κ2) is 8.89. The number of nitrogens with one attached hydrogen (secondary N) is 1. The third kappa shape index (κ3) is 4.47. The van der Waals surface area contributed by atoms with Gasteiger partial charge in [-0.15, -0.1) is 0 Å². The highest BCUT2D eigenvalue weighted by atomic mass is 15.3. The zero-order chi connectivity index (χ0) is 20.1. The van der Waals surface area contributed by atoms with Gasteiger partial charge in [0.1, 0.15) is 0 Å². The van der Waals surface area contributed by atoms with E-state index in [1.54, 1.807) is 10.9 Å². The lowest BCUT2D eigenvalue weighted by Crippen LogP contribution is -2.49. The van der Waals surface area contributed by atoms with Crippen molar-refractivity contribution in [3.05, 3.63) is 61.1 Å². The minimum atomic E-state index is 0.405. The zero-order valence-electron chi connectivity index (χ0n) is 17.0. The summed E-state index contributed by atoms with van der Waals surface area (Å²) in [6.45, 7) is 7.80. The Balaban J connectivity index is 1.50. The topological polar surface area (TPSA) is 76.2 Å². The Morgan fingerprint density at radius 1 is 1.28 bits per heavy atom. The molecule has 1 saturated heterocycles. The smallest absolute Gasteiger partial charge is 0.194 e. The number of pyridine rings is 1. The van der Waals surface area contributed by atoms with Crippen molar-refractivity contribution in [1.82, 2.24) is 34.5 Å². The van der Waals surface area contributed by atoms with E-state index in [1.807, 2.05) is 43.1 Å². The number of hydrogen-bond donors (Lipinski definition) is 1. The van der Waals surface area contributed by atoms with E-state index < -0.39 is 0 Å². The molecule has 4 heterocycles. The molecule has 29 heavy (non-hydrogen) atoms. The average Bonchev–Trinajstić information content (AvgIpc) is 3.46. The number of nitrogens with zero attached hydrogens (tertiary/aromatic N) is 7. The van der Waals surface area contributed by atoms with Crippen LogP contribution in [0.4, 0.5) is 0 Å². The van der Waals surface area contributed by atoms with Gasteiger partial charge in [0.15, 0.2) is 11.8 Å². The summed E-state index contributed by atoms with van der Waals surface area (Å²) in [7, 11) is 0. The first-order valence-electron chi connectivity index (χ1n) is 10.2. The highest BCUT2D eigenvalue weighted by Gasteiger charge is 2.28. The first-order chi connectivity index (χ1) is 14.2. The van der Waals surface area contributed by atoms with E-state index in [2.05, 4.69) is 49.9 Å². The first-order valence-corrected chi connectivity index (χ1v) is 10.2. The van der Waals surface area contributed by atoms with E-state index in [1.165, 1.54) is 0 Å². The standard InChI is InChI=1S/C21H28N8/c1-3-23-21(27-11-6-17(2)19(15-27)28-12-9-22-16-28)25-14-18-5-8-24-20(13-18)29-10-4-7-26-29/h4-5,7-10,12-13,16-17,19H,3,6,11,14-15H2,1-2H3,(H,23,25). The summed E-state index contributed by atoms with van der Waals surface area (Å²) in [6, 6.07) is 6.34. The van der Waals surface area contributed by atoms with E-state index in [4.69, 9.17) is 4.99 Å². The van der Waals surface area contributed by atoms with Gasteiger partial charge >= 0.3 is 0 Å². The van der Waals surface area contributed by atoms with Gasteiger partial charge in [-0.3, -0.25) is 0 Å². The highest BCUT2D eigenvalue weighted by molar-refractivity contribution is 5.80. The number of aliphatic imine (C=N–C) groups is 1. The van der Waals surface area contributed by atoms with Gasteiger partial charge in [0.05, 0.1) is 18.9 Å². The maximum absolute atomic E-state index is 4.92. The molecule has 2 unspecified atom stereocenters. The summed E-state index contributed by atoms with van der Waals surface area (Å²) in [5.41, 5.74) is 1.11. The molecule has 2 atom stereocenters. The fourth-order valence-corrected chi connectivity index (χ4v) is 3.78. The van der Waals surface area contributed by atoms with Gasteiger partial charge in [0, 0.05) is 50.6 Å². The molecule has 152 valence electrons. The average molecular weight is 393 g/mol. The summed E-state index contributed by atoms with van der Waals surface area (Å²) in [4.78, 5) is 15.9. The number of hydrogen-bond acceptors (Lipinski definition) is 4. The molecular weight excluding hydrogens is 364 g/mol. The summed E-state index contributed by atoms with van der Waals surface area (Å²) in [5, 5.41) is 7.72.